The highest BCUT2D eigenvalue weighted by atomic mass is 35.5. The van der Waals surface area contributed by atoms with Crippen LogP contribution in [0.4, 0.5) is 0 Å². The first kappa shape index (κ1) is 13.3. The molecule has 0 saturated carbocycles. The van der Waals surface area contributed by atoms with Crippen molar-refractivity contribution < 1.29 is 9.90 Å². The van der Waals surface area contributed by atoms with Crippen LogP contribution in [0.5, 0.6) is 0 Å². The molecule has 0 aliphatic heterocycles. The third kappa shape index (κ3) is 2.64. The fraction of sp³-hybridized carbons (Fsp3) is 0. The van der Waals surface area contributed by atoms with Crippen LogP contribution in [0.3, 0.4) is 0 Å². The second-order valence-electron chi connectivity index (χ2n) is 4.35. The number of aromatic nitrogens is 3. The van der Waals surface area contributed by atoms with Gasteiger partial charge in [-0.3, -0.25) is 4.98 Å². The van der Waals surface area contributed by atoms with Crippen LogP contribution in [-0.4, -0.2) is 25.8 Å². The molecule has 104 valence electrons. The Morgan fingerprint density at radius 3 is 2.57 bits per heavy atom. The fourth-order valence-electron chi connectivity index (χ4n) is 2.00. The molecule has 0 saturated heterocycles. The molecule has 0 aliphatic rings. The van der Waals surface area contributed by atoms with Gasteiger partial charge in [-0.1, -0.05) is 17.7 Å². The van der Waals surface area contributed by atoms with E-state index >= 15 is 0 Å². The largest absolute Gasteiger partial charge is 0.477 e. The van der Waals surface area contributed by atoms with E-state index in [9.17, 15) is 9.90 Å². The summed E-state index contributed by atoms with van der Waals surface area (Å²) in [5.41, 5.74) is 2.03. The van der Waals surface area contributed by atoms with Crippen molar-refractivity contribution >= 4 is 17.6 Å². The number of halogens is 1. The summed E-state index contributed by atoms with van der Waals surface area (Å²) in [4.78, 5) is 15.4. The number of carboxylic acids is 1. The van der Waals surface area contributed by atoms with Gasteiger partial charge in [0.25, 0.3) is 0 Å². The van der Waals surface area contributed by atoms with Gasteiger partial charge >= 0.3 is 5.97 Å². The molecular formula is C15H10ClN3O2. The van der Waals surface area contributed by atoms with Crippen LogP contribution < -0.4 is 0 Å². The SMILES string of the molecule is O=C(O)c1cc(-c2ccncc2)nn1-c1cccc(Cl)c1. The Hall–Kier alpha value is -2.66. The van der Waals surface area contributed by atoms with E-state index in [2.05, 4.69) is 10.1 Å². The van der Waals surface area contributed by atoms with Gasteiger partial charge in [-0.2, -0.15) is 5.10 Å². The molecule has 3 aromatic rings. The minimum Gasteiger partial charge on any atom is -0.477 e. The molecule has 0 unspecified atom stereocenters. The Morgan fingerprint density at radius 1 is 1.14 bits per heavy atom. The van der Waals surface area contributed by atoms with Gasteiger partial charge in [0.05, 0.1) is 11.4 Å². The highest BCUT2D eigenvalue weighted by Crippen LogP contribution is 2.22. The summed E-state index contributed by atoms with van der Waals surface area (Å²) in [7, 11) is 0. The van der Waals surface area contributed by atoms with Crippen LogP contribution >= 0.6 is 11.6 Å². The van der Waals surface area contributed by atoms with E-state index in [0.717, 1.165) is 5.56 Å². The van der Waals surface area contributed by atoms with Crippen LogP contribution in [0.15, 0.2) is 54.9 Å². The van der Waals surface area contributed by atoms with Crippen LogP contribution in [-0.2, 0) is 0 Å². The smallest absolute Gasteiger partial charge is 0.354 e. The second kappa shape index (κ2) is 5.38. The number of carboxylic acid groups (broad SMARTS) is 1. The molecule has 1 N–H and O–H groups in total. The number of aromatic carboxylic acids is 1. The van der Waals surface area contributed by atoms with E-state index in [4.69, 9.17) is 11.6 Å². The van der Waals surface area contributed by atoms with Gasteiger partial charge in [-0.15, -0.1) is 0 Å². The van der Waals surface area contributed by atoms with Crippen molar-refractivity contribution in [1.29, 1.82) is 0 Å². The van der Waals surface area contributed by atoms with Crippen molar-refractivity contribution in [3.63, 3.8) is 0 Å². The number of benzene rings is 1. The van der Waals surface area contributed by atoms with Crippen LogP contribution in [0.2, 0.25) is 5.02 Å². The number of nitrogens with zero attached hydrogens (tertiary/aromatic N) is 3. The van der Waals surface area contributed by atoms with Crippen molar-refractivity contribution in [2.45, 2.75) is 0 Å². The topological polar surface area (TPSA) is 68.0 Å². The summed E-state index contributed by atoms with van der Waals surface area (Å²) in [5, 5.41) is 14.2. The Labute approximate surface area is 125 Å². The van der Waals surface area contributed by atoms with Gasteiger partial charge in [0.2, 0.25) is 0 Å². The molecule has 0 aliphatic carbocycles. The molecule has 2 aromatic heterocycles. The number of hydrogen-bond donors (Lipinski definition) is 1. The number of carbonyl (C=O) groups is 1. The van der Waals surface area contributed by atoms with E-state index in [1.807, 2.05) is 0 Å². The maximum absolute atomic E-state index is 11.4. The highest BCUT2D eigenvalue weighted by molar-refractivity contribution is 6.30. The average Bonchev–Trinajstić information content (AvgIpc) is 2.93. The van der Waals surface area contributed by atoms with Crippen molar-refractivity contribution in [2.75, 3.05) is 0 Å². The Morgan fingerprint density at radius 2 is 1.90 bits per heavy atom. The molecular weight excluding hydrogens is 290 g/mol. The molecule has 3 rings (SSSR count). The van der Waals surface area contributed by atoms with E-state index in [0.29, 0.717) is 16.4 Å². The van der Waals surface area contributed by atoms with E-state index in [1.54, 1.807) is 48.8 Å². The molecule has 0 bridgehead atoms. The second-order valence-corrected chi connectivity index (χ2v) is 4.78. The molecule has 0 amide bonds. The maximum Gasteiger partial charge on any atom is 0.354 e. The Kier molecular flexibility index (Phi) is 3.41. The molecule has 0 radical (unpaired) electrons. The zero-order valence-corrected chi connectivity index (χ0v) is 11.5. The third-order valence-electron chi connectivity index (χ3n) is 2.96. The molecule has 2 heterocycles. The summed E-state index contributed by atoms with van der Waals surface area (Å²) < 4.78 is 1.37. The number of pyridine rings is 1. The normalized spacial score (nSPS) is 10.5. The number of rotatable bonds is 3. The summed E-state index contributed by atoms with van der Waals surface area (Å²) in [6.45, 7) is 0. The van der Waals surface area contributed by atoms with Crippen molar-refractivity contribution in [3.8, 4) is 16.9 Å². The predicted molar refractivity (Wildman–Crippen MR) is 78.8 cm³/mol. The first-order chi connectivity index (χ1) is 10.1. The van der Waals surface area contributed by atoms with Crippen molar-refractivity contribution in [2.24, 2.45) is 0 Å². The quantitative estimate of drug-likeness (QED) is 0.806. The van der Waals surface area contributed by atoms with Crippen LogP contribution in [0.25, 0.3) is 16.9 Å². The first-order valence-corrected chi connectivity index (χ1v) is 6.52. The lowest BCUT2D eigenvalue weighted by Gasteiger charge is -2.04. The Bertz CT molecular complexity index is 800. The standard InChI is InChI=1S/C15H10ClN3O2/c16-11-2-1-3-12(8-11)19-14(15(20)21)9-13(18-19)10-4-6-17-7-5-10/h1-9H,(H,20,21). The molecule has 21 heavy (non-hydrogen) atoms. The predicted octanol–water partition coefficient (Wildman–Crippen LogP) is 3.29. The summed E-state index contributed by atoms with van der Waals surface area (Å²) >= 11 is 5.95. The number of hydrogen-bond acceptors (Lipinski definition) is 3. The van der Waals surface area contributed by atoms with Crippen molar-refractivity contribution in [3.05, 3.63) is 65.6 Å². The lowest BCUT2D eigenvalue weighted by Crippen LogP contribution is -2.07. The fourth-order valence-corrected chi connectivity index (χ4v) is 2.19. The summed E-state index contributed by atoms with van der Waals surface area (Å²) in [5.74, 6) is -1.05. The summed E-state index contributed by atoms with van der Waals surface area (Å²) in [6, 6.07) is 12.0. The van der Waals surface area contributed by atoms with E-state index in [1.165, 1.54) is 10.7 Å². The zero-order chi connectivity index (χ0) is 14.8. The highest BCUT2D eigenvalue weighted by Gasteiger charge is 2.16. The first-order valence-electron chi connectivity index (χ1n) is 6.15. The average molecular weight is 300 g/mol. The molecule has 0 atom stereocenters. The lowest BCUT2D eigenvalue weighted by molar-refractivity contribution is 0.0687. The van der Waals surface area contributed by atoms with Crippen LogP contribution in [0.1, 0.15) is 10.5 Å². The molecule has 5 nitrogen and oxygen atoms in total. The lowest BCUT2D eigenvalue weighted by atomic mass is 10.2. The van der Waals surface area contributed by atoms with E-state index in [-0.39, 0.29) is 5.69 Å². The third-order valence-corrected chi connectivity index (χ3v) is 3.19. The van der Waals surface area contributed by atoms with Gasteiger partial charge < -0.3 is 5.11 Å². The zero-order valence-electron chi connectivity index (χ0n) is 10.8. The minimum atomic E-state index is -1.05. The Balaban J connectivity index is 2.16. The van der Waals surface area contributed by atoms with Crippen molar-refractivity contribution in [1.82, 2.24) is 14.8 Å². The molecule has 6 heteroatoms. The van der Waals surface area contributed by atoms with Gasteiger partial charge in [-0.05, 0) is 36.4 Å². The minimum absolute atomic E-state index is 0.0732. The van der Waals surface area contributed by atoms with Gasteiger partial charge in [0.15, 0.2) is 5.69 Å². The molecule has 1 aromatic carbocycles. The maximum atomic E-state index is 11.4. The van der Waals surface area contributed by atoms with E-state index < -0.39 is 5.97 Å². The monoisotopic (exact) mass is 299 g/mol. The molecule has 0 spiro atoms. The summed E-state index contributed by atoms with van der Waals surface area (Å²) in [6.07, 6.45) is 3.27. The molecule has 0 fully saturated rings. The van der Waals surface area contributed by atoms with Gasteiger partial charge in [0, 0.05) is 23.0 Å². The van der Waals surface area contributed by atoms with Crippen LogP contribution in [0, 0.1) is 0 Å². The van der Waals surface area contributed by atoms with Gasteiger partial charge in [-0.25, -0.2) is 9.48 Å². The van der Waals surface area contributed by atoms with Gasteiger partial charge in [0.1, 0.15) is 0 Å².